The van der Waals surface area contributed by atoms with E-state index in [0.29, 0.717) is 19.6 Å². The SMILES string of the molecule is O=C(OC1CCOC1)c1ccc([N+](=O)[O-])cc1-c1nn[nH]n1. The first kappa shape index (κ1) is 14.1. The Kier molecular flexibility index (Phi) is 3.74. The molecule has 1 aromatic heterocycles. The summed E-state index contributed by atoms with van der Waals surface area (Å²) in [5.41, 5.74) is 0.145. The minimum atomic E-state index is -0.606. The maximum atomic E-state index is 12.3. The number of aromatic amines is 1. The lowest BCUT2D eigenvalue weighted by Gasteiger charge is -2.11. The number of H-pyrrole nitrogens is 1. The minimum absolute atomic E-state index is 0.0818. The van der Waals surface area contributed by atoms with Crippen LogP contribution >= 0.6 is 0 Å². The van der Waals surface area contributed by atoms with Gasteiger partial charge < -0.3 is 9.47 Å². The second-order valence-electron chi connectivity index (χ2n) is 4.61. The van der Waals surface area contributed by atoms with E-state index in [1.165, 1.54) is 18.2 Å². The van der Waals surface area contributed by atoms with Crippen molar-refractivity contribution in [1.29, 1.82) is 0 Å². The highest BCUT2D eigenvalue weighted by Gasteiger charge is 2.25. The Balaban J connectivity index is 1.95. The van der Waals surface area contributed by atoms with E-state index in [9.17, 15) is 14.9 Å². The van der Waals surface area contributed by atoms with Crippen LogP contribution in [0.1, 0.15) is 16.8 Å². The first-order valence-corrected chi connectivity index (χ1v) is 6.46. The Bertz CT molecular complexity index is 696. The van der Waals surface area contributed by atoms with Gasteiger partial charge in [0.1, 0.15) is 6.10 Å². The number of benzene rings is 1. The lowest BCUT2D eigenvalue weighted by atomic mass is 10.1. The number of non-ortho nitro benzene ring substituents is 1. The number of esters is 1. The van der Waals surface area contributed by atoms with Crippen molar-refractivity contribution in [3.63, 3.8) is 0 Å². The zero-order chi connectivity index (χ0) is 15.5. The molecule has 10 nitrogen and oxygen atoms in total. The molecule has 1 fully saturated rings. The number of nitro groups is 1. The van der Waals surface area contributed by atoms with Gasteiger partial charge in [0, 0.05) is 24.1 Å². The van der Waals surface area contributed by atoms with E-state index >= 15 is 0 Å². The van der Waals surface area contributed by atoms with Crippen molar-refractivity contribution >= 4 is 11.7 Å². The van der Waals surface area contributed by atoms with Crippen molar-refractivity contribution in [3.05, 3.63) is 33.9 Å². The Labute approximate surface area is 123 Å². The van der Waals surface area contributed by atoms with Gasteiger partial charge in [-0.15, -0.1) is 10.2 Å². The molecule has 3 rings (SSSR count). The number of aromatic nitrogens is 4. The van der Waals surface area contributed by atoms with Crippen molar-refractivity contribution in [2.24, 2.45) is 0 Å². The number of hydrogen-bond acceptors (Lipinski definition) is 8. The normalized spacial score (nSPS) is 17.4. The number of carbonyl (C=O) groups is 1. The standard InChI is InChI=1S/C12H11N5O5/c18-12(22-8-3-4-21-6-8)9-2-1-7(17(19)20)5-10(9)11-13-15-16-14-11/h1-2,5,8H,3-4,6H2,(H,13,14,15,16). The highest BCUT2D eigenvalue weighted by atomic mass is 16.6. The quantitative estimate of drug-likeness (QED) is 0.496. The molecule has 1 atom stereocenters. The largest absolute Gasteiger partial charge is 0.456 e. The molecule has 1 aliphatic rings. The topological polar surface area (TPSA) is 133 Å². The fourth-order valence-corrected chi connectivity index (χ4v) is 2.11. The maximum Gasteiger partial charge on any atom is 0.339 e. The van der Waals surface area contributed by atoms with E-state index in [4.69, 9.17) is 9.47 Å². The van der Waals surface area contributed by atoms with Gasteiger partial charge in [0.25, 0.3) is 5.69 Å². The molecule has 1 unspecified atom stereocenters. The van der Waals surface area contributed by atoms with Crippen molar-refractivity contribution in [3.8, 4) is 11.4 Å². The molecule has 0 radical (unpaired) electrons. The number of ether oxygens (including phenoxy) is 2. The number of nitro benzene ring substituents is 1. The van der Waals surface area contributed by atoms with Crippen molar-refractivity contribution < 1.29 is 19.2 Å². The summed E-state index contributed by atoms with van der Waals surface area (Å²) in [6.07, 6.45) is 0.303. The molecule has 1 aromatic carbocycles. The molecular formula is C12H11N5O5. The fraction of sp³-hybridized carbons (Fsp3) is 0.333. The van der Waals surface area contributed by atoms with Crippen LogP contribution < -0.4 is 0 Å². The van der Waals surface area contributed by atoms with Crippen LogP contribution in [0.5, 0.6) is 0 Å². The van der Waals surface area contributed by atoms with E-state index < -0.39 is 10.9 Å². The van der Waals surface area contributed by atoms with Gasteiger partial charge >= 0.3 is 5.97 Å². The molecule has 0 amide bonds. The zero-order valence-corrected chi connectivity index (χ0v) is 11.3. The molecule has 0 spiro atoms. The smallest absolute Gasteiger partial charge is 0.339 e. The van der Waals surface area contributed by atoms with Crippen LogP contribution in [-0.4, -0.2) is 50.8 Å². The summed E-state index contributed by atoms with van der Waals surface area (Å²) in [4.78, 5) is 22.6. The zero-order valence-electron chi connectivity index (χ0n) is 11.3. The molecular weight excluding hydrogens is 294 g/mol. The Morgan fingerprint density at radius 1 is 1.50 bits per heavy atom. The summed E-state index contributed by atoms with van der Waals surface area (Å²) in [5, 5.41) is 24.1. The average molecular weight is 305 g/mol. The molecule has 2 heterocycles. The van der Waals surface area contributed by atoms with Crippen LogP contribution in [0.15, 0.2) is 18.2 Å². The summed E-state index contributed by atoms with van der Waals surface area (Å²) in [6.45, 7) is 0.881. The molecule has 2 aromatic rings. The summed E-state index contributed by atoms with van der Waals surface area (Å²) < 4.78 is 10.5. The summed E-state index contributed by atoms with van der Waals surface area (Å²) in [5.74, 6) is -0.525. The predicted molar refractivity (Wildman–Crippen MR) is 70.9 cm³/mol. The van der Waals surface area contributed by atoms with E-state index in [0.717, 1.165) is 0 Å². The van der Waals surface area contributed by atoms with Gasteiger partial charge in [-0.1, -0.05) is 0 Å². The molecule has 22 heavy (non-hydrogen) atoms. The van der Waals surface area contributed by atoms with E-state index in [-0.39, 0.29) is 28.7 Å². The summed E-state index contributed by atoms with van der Waals surface area (Å²) >= 11 is 0. The summed E-state index contributed by atoms with van der Waals surface area (Å²) in [7, 11) is 0. The van der Waals surface area contributed by atoms with Gasteiger partial charge in [0.05, 0.1) is 23.7 Å². The number of nitrogens with zero attached hydrogens (tertiary/aromatic N) is 4. The van der Waals surface area contributed by atoms with Gasteiger partial charge in [0.15, 0.2) is 0 Å². The highest BCUT2D eigenvalue weighted by molar-refractivity contribution is 5.97. The van der Waals surface area contributed by atoms with Crippen molar-refractivity contribution in [2.75, 3.05) is 13.2 Å². The third-order valence-corrected chi connectivity index (χ3v) is 3.18. The van der Waals surface area contributed by atoms with Gasteiger partial charge in [-0.3, -0.25) is 10.1 Å². The van der Waals surface area contributed by atoms with Crippen molar-refractivity contribution in [1.82, 2.24) is 20.6 Å². The lowest BCUT2D eigenvalue weighted by molar-refractivity contribution is -0.384. The molecule has 10 heteroatoms. The lowest BCUT2D eigenvalue weighted by Crippen LogP contribution is -2.18. The van der Waals surface area contributed by atoms with Gasteiger partial charge in [0.2, 0.25) is 5.82 Å². The Morgan fingerprint density at radius 2 is 2.36 bits per heavy atom. The third-order valence-electron chi connectivity index (χ3n) is 3.18. The molecule has 0 saturated carbocycles. The first-order valence-electron chi connectivity index (χ1n) is 6.46. The van der Waals surface area contributed by atoms with Crippen LogP contribution in [0.3, 0.4) is 0 Å². The van der Waals surface area contributed by atoms with Crippen LogP contribution in [0.2, 0.25) is 0 Å². The van der Waals surface area contributed by atoms with Crippen molar-refractivity contribution in [2.45, 2.75) is 12.5 Å². The monoisotopic (exact) mass is 305 g/mol. The van der Waals surface area contributed by atoms with E-state index in [1.807, 2.05) is 0 Å². The van der Waals surface area contributed by atoms with Crippen LogP contribution in [0, 0.1) is 10.1 Å². The number of rotatable bonds is 4. The third kappa shape index (κ3) is 2.76. The van der Waals surface area contributed by atoms with Gasteiger partial charge in [-0.25, -0.2) is 4.79 Å². The molecule has 0 aliphatic carbocycles. The number of tetrazole rings is 1. The highest BCUT2D eigenvalue weighted by Crippen LogP contribution is 2.26. The maximum absolute atomic E-state index is 12.3. The number of hydrogen-bond donors (Lipinski definition) is 1. The molecule has 1 N–H and O–H groups in total. The Hall–Kier alpha value is -2.88. The van der Waals surface area contributed by atoms with Crippen LogP contribution in [0.25, 0.3) is 11.4 Å². The fourth-order valence-electron chi connectivity index (χ4n) is 2.11. The first-order chi connectivity index (χ1) is 10.6. The second kappa shape index (κ2) is 5.85. The van der Waals surface area contributed by atoms with Gasteiger partial charge in [-0.2, -0.15) is 5.21 Å². The molecule has 1 saturated heterocycles. The van der Waals surface area contributed by atoms with E-state index in [1.54, 1.807) is 0 Å². The van der Waals surface area contributed by atoms with E-state index in [2.05, 4.69) is 20.6 Å². The second-order valence-corrected chi connectivity index (χ2v) is 4.61. The average Bonchev–Trinajstić information content (AvgIpc) is 3.19. The molecule has 114 valence electrons. The van der Waals surface area contributed by atoms with Crippen LogP contribution in [0.4, 0.5) is 5.69 Å². The van der Waals surface area contributed by atoms with Gasteiger partial charge in [-0.05, 0) is 11.3 Å². The number of nitrogens with one attached hydrogen (secondary N) is 1. The Morgan fingerprint density at radius 3 is 3.00 bits per heavy atom. The summed E-state index contributed by atoms with van der Waals surface area (Å²) in [6, 6.07) is 3.76. The van der Waals surface area contributed by atoms with Crippen LogP contribution in [-0.2, 0) is 9.47 Å². The number of carbonyl (C=O) groups excluding carboxylic acids is 1. The molecule has 1 aliphatic heterocycles. The minimum Gasteiger partial charge on any atom is -0.456 e. The predicted octanol–water partition coefficient (Wildman–Crippen LogP) is 0.721. The molecule has 0 bridgehead atoms.